The number of carbonyl (C=O) groups is 1. The standard InChI is InChI=1S/C23H25N5O3S/c1-6-28-10-18(15(4)26-28)20-12-32-23(24-20)25-22(29)21-19(16(5)31-27-21)11-30-17-8-13(2)7-14(3)9-17/h7-10,12H,6,11H2,1-5H3,(H,24,25,29). The van der Waals surface area contributed by atoms with Crippen molar-refractivity contribution in [2.45, 2.75) is 47.8 Å². The summed E-state index contributed by atoms with van der Waals surface area (Å²) in [5, 5.41) is 13.6. The second kappa shape index (κ2) is 8.96. The highest BCUT2D eigenvalue weighted by molar-refractivity contribution is 7.14. The Labute approximate surface area is 190 Å². The van der Waals surface area contributed by atoms with Crippen LogP contribution in [-0.2, 0) is 13.2 Å². The van der Waals surface area contributed by atoms with E-state index in [2.05, 4.69) is 26.6 Å². The number of benzene rings is 1. The molecule has 8 nitrogen and oxygen atoms in total. The Balaban J connectivity index is 1.48. The lowest BCUT2D eigenvalue weighted by molar-refractivity contribution is 0.101. The third kappa shape index (κ3) is 4.57. The summed E-state index contributed by atoms with van der Waals surface area (Å²) in [6, 6.07) is 5.98. The number of aryl methyl sites for hydroxylation is 5. The van der Waals surface area contributed by atoms with Crippen molar-refractivity contribution in [3.05, 3.63) is 63.6 Å². The summed E-state index contributed by atoms with van der Waals surface area (Å²) in [6.07, 6.45) is 1.96. The molecule has 0 aliphatic heterocycles. The molecule has 1 amide bonds. The van der Waals surface area contributed by atoms with Gasteiger partial charge in [0.2, 0.25) is 0 Å². The van der Waals surface area contributed by atoms with Crippen LogP contribution in [0.4, 0.5) is 5.13 Å². The van der Waals surface area contributed by atoms with E-state index in [0.717, 1.165) is 40.4 Å². The molecule has 3 heterocycles. The zero-order valence-electron chi connectivity index (χ0n) is 18.7. The number of amides is 1. The summed E-state index contributed by atoms with van der Waals surface area (Å²) in [6.45, 7) is 10.7. The zero-order chi connectivity index (χ0) is 22.8. The summed E-state index contributed by atoms with van der Waals surface area (Å²) >= 11 is 1.35. The predicted octanol–water partition coefficient (Wildman–Crippen LogP) is 5.08. The molecule has 0 saturated heterocycles. The van der Waals surface area contributed by atoms with Crippen molar-refractivity contribution < 1.29 is 14.1 Å². The van der Waals surface area contributed by atoms with Crippen LogP contribution in [0.1, 0.15) is 45.6 Å². The zero-order valence-corrected chi connectivity index (χ0v) is 19.5. The summed E-state index contributed by atoms with van der Waals surface area (Å²) in [7, 11) is 0. The average molecular weight is 452 g/mol. The molecule has 9 heteroatoms. The summed E-state index contributed by atoms with van der Waals surface area (Å²) < 4.78 is 13.1. The Morgan fingerprint density at radius 1 is 1.19 bits per heavy atom. The van der Waals surface area contributed by atoms with Gasteiger partial charge in [-0.15, -0.1) is 11.3 Å². The van der Waals surface area contributed by atoms with Gasteiger partial charge in [0.15, 0.2) is 10.8 Å². The molecule has 0 unspecified atom stereocenters. The van der Waals surface area contributed by atoms with Gasteiger partial charge in [-0.25, -0.2) is 4.98 Å². The minimum absolute atomic E-state index is 0.180. The second-order valence-electron chi connectivity index (χ2n) is 7.65. The number of aromatic nitrogens is 4. The lowest BCUT2D eigenvalue weighted by Crippen LogP contribution is -2.15. The normalized spacial score (nSPS) is 11.0. The molecular weight excluding hydrogens is 426 g/mol. The van der Waals surface area contributed by atoms with Gasteiger partial charge in [0, 0.05) is 23.7 Å². The van der Waals surface area contributed by atoms with E-state index in [0.29, 0.717) is 16.5 Å². The maximum Gasteiger partial charge on any atom is 0.280 e. The number of hydrogen-bond acceptors (Lipinski definition) is 7. The fourth-order valence-electron chi connectivity index (χ4n) is 3.45. The summed E-state index contributed by atoms with van der Waals surface area (Å²) in [5.74, 6) is 0.895. The first-order valence-electron chi connectivity index (χ1n) is 10.3. The number of hydrogen-bond donors (Lipinski definition) is 1. The van der Waals surface area contributed by atoms with E-state index in [1.54, 1.807) is 6.92 Å². The van der Waals surface area contributed by atoms with Gasteiger partial charge in [-0.1, -0.05) is 11.2 Å². The minimum atomic E-state index is -0.386. The Kier molecular flexibility index (Phi) is 6.09. The largest absolute Gasteiger partial charge is 0.489 e. The fraction of sp³-hybridized carbons (Fsp3) is 0.304. The molecule has 0 radical (unpaired) electrons. The maximum absolute atomic E-state index is 12.9. The molecule has 1 N–H and O–H groups in total. The quantitative estimate of drug-likeness (QED) is 0.421. The van der Waals surface area contributed by atoms with Crippen LogP contribution in [0.25, 0.3) is 11.3 Å². The van der Waals surface area contributed by atoms with Gasteiger partial charge in [-0.3, -0.25) is 14.8 Å². The van der Waals surface area contributed by atoms with Gasteiger partial charge in [0.25, 0.3) is 5.91 Å². The van der Waals surface area contributed by atoms with Gasteiger partial charge < -0.3 is 9.26 Å². The van der Waals surface area contributed by atoms with Crippen LogP contribution in [0.3, 0.4) is 0 Å². The molecule has 32 heavy (non-hydrogen) atoms. The van der Waals surface area contributed by atoms with E-state index >= 15 is 0 Å². The lowest BCUT2D eigenvalue weighted by atomic mass is 10.1. The first kappa shape index (κ1) is 21.8. The third-order valence-corrected chi connectivity index (χ3v) is 5.81. The van der Waals surface area contributed by atoms with Crippen molar-refractivity contribution in [1.29, 1.82) is 0 Å². The number of carbonyl (C=O) groups excluding carboxylic acids is 1. The SMILES string of the molecule is CCn1cc(-c2csc(NC(=O)c3noc(C)c3COc3cc(C)cc(C)c3)n2)c(C)n1. The highest BCUT2D eigenvalue weighted by Crippen LogP contribution is 2.28. The summed E-state index contributed by atoms with van der Waals surface area (Å²) in [5.41, 5.74) is 5.64. The molecule has 0 fully saturated rings. The topological polar surface area (TPSA) is 95.1 Å². The fourth-order valence-corrected chi connectivity index (χ4v) is 4.16. The Hall–Kier alpha value is -3.46. The van der Waals surface area contributed by atoms with Gasteiger partial charge in [-0.05, 0) is 57.9 Å². The monoisotopic (exact) mass is 451 g/mol. The van der Waals surface area contributed by atoms with Gasteiger partial charge in [-0.2, -0.15) is 5.10 Å². The Morgan fingerprint density at radius 2 is 1.94 bits per heavy atom. The molecule has 1 aromatic carbocycles. The van der Waals surface area contributed by atoms with Crippen LogP contribution >= 0.6 is 11.3 Å². The molecule has 4 rings (SSSR count). The predicted molar refractivity (Wildman–Crippen MR) is 123 cm³/mol. The molecule has 0 aliphatic rings. The minimum Gasteiger partial charge on any atom is -0.489 e. The molecular formula is C23H25N5O3S. The van der Waals surface area contributed by atoms with Crippen LogP contribution in [0.5, 0.6) is 5.75 Å². The first-order valence-corrected chi connectivity index (χ1v) is 11.2. The van der Waals surface area contributed by atoms with Crippen molar-refractivity contribution in [1.82, 2.24) is 19.9 Å². The van der Waals surface area contributed by atoms with E-state index in [4.69, 9.17) is 9.26 Å². The van der Waals surface area contributed by atoms with Crippen LogP contribution in [-0.4, -0.2) is 25.8 Å². The van der Waals surface area contributed by atoms with Crippen LogP contribution in [0, 0.1) is 27.7 Å². The van der Waals surface area contributed by atoms with Crippen LogP contribution in [0.2, 0.25) is 0 Å². The maximum atomic E-state index is 12.9. The Morgan fingerprint density at radius 3 is 2.62 bits per heavy atom. The van der Waals surface area contributed by atoms with E-state index in [-0.39, 0.29) is 18.2 Å². The van der Waals surface area contributed by atoms with E-state index in [1.165, 1.54) is 11.3 Å². The third-order valence-electron chi connectivity index (χ3n) is 5.05. The lowest BCUT2D eigenvalue weighted by Gasteiger charge is -2.08. The molecule has 0 aliphatic carbocycles. The van der Waals surface area contributed by atoms with Crippen LogP contribution < -0.4 is 10.1 Å². The van der Waals surface area contributed by atoms with Gasteiger partial charge >= 0.3 is 0 Å². The molecule has 0 spiro atoms. The molecule has 0 atom stereocenters. The highest BCUT2D eigenvalue weighted by Gasteiger charge is 2.22. The molecule has 4 aromatic rings. The van der Waals surface area contributed by atoms with E-state index < -0.39 is 0 Å². The van der Waals surface area contributed by atoms with Gasteiger partial charge in [0.05, 0.1) is 17.0 Å². The molecule has 3 aromatic heterocycles. The molecule has 166 valence electrons. The number of thiazole rings is 1. The van der Waals surface area contributed by atoms with Crippen molar-refractivity contribution in [3.8, 4) is 17.0 Å². The second-order valence-corrected chi connectivity index (χ2v) is 8.51. The number of ether oxygens (including phenoxy) is 1. The number of nitrogens with zero attached hydrogens (tertiary/aromatic N) is 4. The summed E-state index contributed by atoms with van der Waals surface area (Å²) in [4.78, 5) is 17.4. The van der Waals surface area contributed by atoms with Crippen molar-refractivity contribution in [2.75, 3.05) is 5.32 Å². The first-order chi connectivity index (χ1) is 15.3. The van der Waals surface area contributed by atoms with Gasteiger partial charge in [0.1, 0.15) is 18.1 Å². The number of rotatable bonds is 7. The Bertz CT molecular complexity index is 1250. The number of nitrogens with one attached hydrogen (secondary N) is 1. The smallest absolute Gasteiger partial charge is 0.280 e. The number of anilines is 1. The van der Waals surface area contributed by atoms with E-state index in [9.17, 15) is 4.79 Å². The van der Waals surface area contributed by atoms with E-state index in [1.807, 2.05) is 56.1 Å². The molecule has 0 bridgehead atoms. The van der Waals surface area contributed by atoms with Crippen molar-refractivity contribution in [2.24, 2.45) is 0 Å². The average Bonchev–Trinajstić information content (AvgIpc) is 3.44. The highest BCUT2D eigenvalue weighted by atomic mass is 32.1. The van der Waals surface area contributed by atoms with Crippen molar-refractivity contribution >= 4 is 22.4 Å². The van der Waals surface area contributed by atoms with Crippen molar-refractivity contribution in [3.63, 3.8) is 0 Å². The molecule has 0 saturated carbocycles. The van der Waals surface area contributed by atoms with Crippen LogP contribution in [0.15, 0.2) is 34.3 Å².